The molecular formula is C13H13ClIN3O. The number of nitrogens with zero attached hydrogens (tertiary/aromatic N) is 2. The number of anilines is 1. The van der Waals surface area contributed by atoms with Crippen molar-refractivity contribution in [2.45, 2.75) is 13.5 Å². The van der Waals surface area contributed by atoms with E-state index >= 15 is 0 Å². The molecule has 0 radical (unpaired) electrons. The summed E-state index contributed by atoms with van der Waals surface area (Å²) in [6, 6.07) is 7.46. The van der Waals surface area contributed by atoms with E-state index in [-0.39, 0.29) is 5.56 Å². The lowest BCUT2D eigenvalue weighted by Gasteiger charge is -2.09. The number of aryl methyl sites for hydroxylation is 1. The van der Waals surface area contributed by atoms with E-state index in [1.807, 2.05) is 53.8 Å². The first-order chi connectivity index (χ1) is 9.08. The fourth-order valence-electron chi connectivity index (χ4n) is 1.59. The first-order valence-corrected chi connectivity index (χ1v) is 7.24. The van der Waals surface area contributed by atoms with Crippen LogP contribution in [0.25, 0.3) is 0 Å². The third kappa shape index (κ3) is 3.70. The fourth-order valence-corrected chi connectivity index (χ4v) is 2.17. The van der Waals surface area contributed by atoms with Gasteiger partial charge >= 0.3 is 0 Å². The second-order valence-corrected chi connectivity index (χ2v) is 5.59. The van der Waals surface area contributed by atoms with Crippen molar-refractivity contribution in [2.75, 3.05) is 11.9 Å². The molecule has 0 atom stereocenters. The Morgan fingerprint density at radius 1 is 1.37 bits per heavy atom. The second-order valence-electron chi connectivity index (χ2n) is 4.08. The summed E-state index contributed by atoms with van der Waals surface area (Å²) in [5.41, 5.74) is 1.76. The summed E-state index contributed by atoms with van der Waals surface area (Å²) in [5, 5.41) is 3.94. The number of rotatable bonds is 4. The average molecular weight is 390 g/mol. The molecule has 0 aliphatic heterocycles. The molecule has 2 aromatic rings. The van der Waals surface area contributed by atoms with Crippen molar-refractivity contribution in [3.05, 3.63) is 55.2 Å². The molecule has 0 spiro atoms. The van der Waals surface area contributed by atoms with Crippen molar-refractivity contribution in [1.29, 1.82) is 0 Å². The highest BCUT2D eigenvalue weighted by molar-refractivity contribution is 14.1. The van der Waals surface area contributed by atoms with Crippen molar-refractivity contribution >= 4 is 39.9 Å². The van der Waals surface area contributed by atoms with E-state index in [0.29, 0.717) is 21.7 Å². The van der Waals surface area contributed by atoms with Gasteiger partial charge in [0.2, 0.25) is 0 Å². The SMILES string of the molecule is Cc1ncn(CCNc2ccc(Cl)cc2)c(=O)c1I. The Labute approximate surface area is 130 Å². The standard InChI is InChI=1S/C13H13ClIN3O/c1-9-12(15)13(19)18(8-17-9)7-6-16-11-4-2-10(14)3-5-11/h2-5,8,16H,6-7H2,1H3. The smallest absolute Gasteiger partial charge is 0.267 e. The monoisotopic (exact) mass is 389 g/mol. The molecule has 1 aromatic carbocycles. The minimum Gasteiger partial charge on any atom is -0.383 e. The number of halogens is 2. The molecule has 19 heavy (non-hydrogen) atoms. The van der Waals surface area contributed by atoms with E-state index in [9.17, 15) is 4.79 Å². The van der Waals surface area contributed by atoms with Crippen LogP contribution in [0.5, 0.6) is 0 Å². The molecule has 1 aromatic heterocycles. The van der Waals surface area contributed by atoms with E-state index in [1.165, 1.54) is 0 Å². The van der Waals surface area contributed by atoms with Gasteiger partial charge in [0.1, 0.15) is 0 Å². The van der Waals surface area contributed by atoms with Crippen LogP contribution in [0, 0.1) is 10.5 Å². The zero-order valence-corrected chi connectivity index (χ0v) is 13.3. The number of hydrogen-bond donors (Lipinski definition) is 1. The number of hydrogen-bond acceptors (Lipinski definition) is 3. The van der Waals surface area contributed by atoms with Gasteiger partial charge in [0, 0.05) is 23.8 Å². The zero-order valence-electron chi connectivity index (χ0n) is 10.4. The molecule has 0 saturated carbocycles. The van der Waals surface area contributed by atoms with E-state index < -0.39 is 0 Å². The molecule has 0 aliphatic carbocycles. The first kappa shape index (κ1) is 14.3. The van der Waals surface area contributed by atoms with Gasteiger partial charge in [-0.2, -0.15) is 0 Å². The quantitative estimate of drug-likeness (QED) is 0.818. The molecule has 0 amide bonds. The molecule has 0 unspecified atom stereocenters. The Balaban J connectivity index is 1.98. The van der Waals surface area contributed by atoms with Gasteiger partial charge in [-0.05, 0) is 53.8 Å². The molecule has 0 fully saturated rings. The largest absolute Gasteiger partial charge is 0.383 e. The molecule has 1 N–H and O–H groups in total. The number of aromatic nitrogens is 2. The molecule has 4 nitrogen and oxygen atoms in total. The summed E-state index contributed by atoms with van der Waals surface area (Å²) >= 11 is 7.84. The molecule has 6 heteroatoms. The predicted molar refractivity (Wildman–Crippen MR) is 85.9 cm³/mol. The lowest BCUT2D eigenvalue weighted by molar-refractivity contribution is 0.672. The molecule has 2 rings (SSSR count). The van der Waals surface area contributed by atoms with Gasteiger partial charge in [-0.25, -0.2) is 4.98 Å². The molecular weight excluding hydrogens is 377 g/mol. The van der Waals surface area contributed by atoms with E-state index in [2.05, 4.69) is 10.3 Å². The van der Waals surface area contributed by atoms with Crippen LogP contribution < -0.4 is 10.9 Å². The summed E-state index contributed by atoms with van der Waals surface area (Å²) < 4.78 is 2.28. The van der Waals surface area contributed by atoms with Gasteiger partial charge in [-0.3, -0.25) is 9.36 Å². The number of benzene rings is 1. The Bertz CT molecular complexity index is 625. The van der Waals surface area contributed by atoms with Crippen LogP contribution in [0.3, 0.4) is 0 Å². The summed E-state index contributed by atoms with van der Waals surface area (Å²) in [6.45, 7) is 3.06. The van der Waals surface area contributed by atoms with Gasteiger partial charge in [0.25, 0.3) is 5.56 Å². The summed E-state index contributed by atoms with van der Waals surface area (Å²) in [6.07, 6.45) is 1.59. The Hall–Kier alpha value is -1.08. The Morgan fingerprint density at radius 3 is 2.74 bits per heavy atom. The molecule has 1 heterocycles. The van der Waals surface area contributed by atoms with Crippen molar-refractivity contribution in [3.63, 3.8) is 0 Å². The van der Waals surface area contributed by atoms with Crippen molar-refractivity contribution in [3.8, 4) is 0 Å². The lowest BCUT2D eigenvalue weighted by atomic mass is 10.3. The zero-order chi connectivity index (χ0) is 13.8. The van der Waals surface area contributed by atoms with Crippen LogP contribution >= 0.6 is 34.2 Å². The van der Waals surface area contributed by atoms with Crippen molar-refractivity contribution < 1.29 is 0 Å². The van der Waals surface area contributed by atoms with Crippen molar-refractivity contribution in [1.82, 2.24) is 9.55 Å². The highest BCUT2D eigenvalue weighted by atomic mass is 127. The van der Waals surface area contributed by atoms with Crippen molar-refractivity contribution in [2.24, 2.45) is 0 Å². The molecule has 0 bridgehead atoms. The highest BCUT2D eigenvalue weighted by Gasteiger charge is 2.04. The van der Waals surface area contributed by atoms with Gasteiger partial charge < -0.3 is 5.32 Å². The maximum Gasteiger partial charge on any atom is 0.267 e. The first-order valence-electron chi connectivity index (χ1n) is 5.79. The van der Waals surface area contributed by atoms with Crippen LogP contribution in [-0.2, 0) is 6.54 Å². The average Bonchev–Trinajstić information content (AvgIpc) is 2.41. The van der Waals surface area contributed by atoms with E-state index in [1.54, 1.807) is 10.9 Å². The topological polar surface area (TPSA) is 46.9 Å². The van der Waals surface area contributed by atoms with Gasteiger partial charge in [-0.15, -0.1) is 0 Å². The van der Waals surface area contributed by atoms with Gasteiger partial charge in [0.05, 0.1) is 15.6 Å². The van der Waals surface area contributed by atoms with Crippen LogP contribution in [0.2, 0.25) is 5.02 Å². The summed E-state index contributed by atoms with van der Waals surface area (Å²) in [5.74, 6) is 0. The lowest BCUT2D eigenvalue weighted by Crippen LogP contribution is -2.26. The van der Waals surface area contributed by atoms with Gasteiger partial charge in [-0.1, -0.05) is 11.6 Å². The molecule has 100 valence electrons. The third-order valence-electron chi connectivity index (χ3n) is 2.68. The van der Waals surface area contributed by atoms with Crippen LogP contribution in [0.4, 0.5) is 5.69 Å². The van der Waals surface area contributed by atoms with E-state index in [0.717, 1.165) is 11.4 Å². The Morgan fingerprint density at radius 2 is 2.05 bits per heavy atom. The fraction of sp³-hybridized carbons (Fsp3) is 0.231. The van der Waals surface area contributed by atoms with Crippen LogP contribution in [-0.4, -0.2) is 16.1 Å². The minimum absolute atomic E-state index is 0.00556. The normalized spacial score (nSPS) is 10.5. The maximum atomic E-state index is 11.9. The summed E-state index contributed by atoms with van der Waals surface area (Å²) in [4.78, 5) is 16.1. The minimum atomic E-state index is 0.00556. The third-order valence-corrected chi connectivity index (χ3v) is 4.18. The maximum absolute atomic E-state index is 11.9. The molecule has 0 aliphatic rings. The van der Waals surface area contributed by atoms with Crippen LogP contribution in [0.1, 0.15) is 5.69 Å². The summed E-state index contributed by atoms with van der Waals surface area (Å²) in [7, 11) is 0. The highest BCUT2D eigenvalue weighted by Crippen LogP contribution is 2.12. The Kier molecular flexibility index (Phi) is 4.81. The molecule has 0 saturated heterocycles. The van der Waals surface area contributed by atoms with Crippen LogP contribution in [0.15, 0.2) is 35.4 Å². The second kappa shape index (κ2) is 6.38. The predicted octanol–water partition coefficient (Wildman–Crippen LogP) is 2.92. The number of nitrogens with one attached hydrogen (secondary N) is 1. The van der Waals surface area contributed by atoms with Gasteiger partial charge in [0.15, 0.2) is 0 Å². The van der Waals surface area contributed by atoms with E-state index in [4.69, 9.17) is 11.6 Å².